The van der Waals surface area contributed by atoms with Crippen LogP contribution in [0.15, 0.2) is 28.8 Å². The van der Waals surface area contributed by atoms with Gasteiger partial charge in [0.2, 0.25) is 0 Å². The Labute approximate surface area is 135 Å². The maximum Gasteiger partial charge on any atom is 0.264 e. The molecule has 0 unspecified atom stereocenters. The van der Waals surface area contributed by atoms with Crippen LogP contribution >= 0.6 is 0 Å². The van der Waals surface area contributed by atoms with E-state index in [2.05, 4.69) is 10.1 Å². The maximum atomic E-state index is 10.4. The summed E-state index contributed by atoms with van der Waals surface area (Å²) in [7, 11) is 0. The van der Waals surface area contributed by atoms with Gasteiger partial charge in [-0.05, 0) is 44.0 Å². The van der Waals surface area contributed by atoms with Crippen LogP contribution in [-0.2, 0) is 6.61 Å². The number of aryl methyl sites for hydroxylation is 1. The zero-order chi connectivity index (χ0) is 16.1. The SMILES string of the molecule is Cc1noc(COc2ccc(OCC3(O)CCCCC3)cc2)n1. The summed E-state index contributed by atoms with van der Waals surface area (Å²) in [5.41, 5.74) is -0.677. The maximum absolute atomic E-state index is 10.4. The van der Waals surface area contributed by atoms with Gasteiger partial charge in [-0.2, -0.15) is 4.98 Å². The van der Waals surface area contributed by atoms with Crippen molar-refractivity contribution in [3.63, 3.8) is 0 Å². The third-order valence-corrected chi connectivity index (χ3v) is 4.05. The van der Waals surface area contributed by atoms with Gasteiger partial charge in [-0.3, -0.25) is 0 Å². The van der Waals surface area contributed by atoms with Crippen LogP contribution in [0.3, 0.4) is 0 Å². The number of hydrogen-bond donors (Lipinski definition) is 1. The first kappa shape index (κ1) is 15.8. The summed E-state index contributed by atoms with van der Waals surface area (Å²) >= 11 is 0. The molecule has 0 aliphatic heterocycles. The third kappa shape index (κ3) is 4.45. The summed E-state index contributed by atoms with van der Waals surface area (Å²) in [5.74, 6) is 2.46. The van der Waals surface area contributed by atoms with Gasteiger partial charge in [-0.1, -0.05) is 24.4 Å². The summed E-state index contributed by atoms with van der Waals surface area (Å²) < 4.78 is 16.3. The van der Waals surface area contributed by atoms with E-state index in [1.807, 2.05) is 24.3 Å². The van der Waals surface area contributed by atoms with Gasteiger partial charge in [-0.25, -0.2) is 0 Å². The van der Waals surface area contributed by atoms with E-state index in [1.54, 1.807) is 6.92 Å². The number of nitrogens with zero attached hydrogens (tertiary/aromatic N) is 2. The fourth-order valence-electron chi connectivity index (χ4n) is 2.75. The normalized spacial score (nSPS) is 17.0. The van der Waals surface area contributed by atoms with Gasteiger partial charge in [0.05, 0.1) is 5.60 Å². The Balaban J connectivity index is 1.48. The van der Waals surface area contributed by atoms with E-state index in [4.69, 9.17) is 14.0 Å². The summed E-state index contributed by atoms with van der Waals surface area (Å²) in [6.07, 6.45) is 4.98. The number of hydrogen-bond acceptors (Lipinski definition) is 6. The van der Waals surface area contributed by atoms with E-state index in [-0.39, 0.29) is 6.61 Å². The molecule has 1 saturated carbocycles. The summed E-state index contributed by atoms with van der Waals surface area (Å²) in [4.78, 5) is 4.08. The molecule has 3 rings (SSSR count). The summed E-state index contributed by atoms with van der Waals surface area (Å²) in [6, 6.07) is 7.31. The van der Waals surface area contributed by atoms with Crippen molar-refractivity contribution in [1.29, 1.82) is 0 Å². The minimum absolute atomic E-state index is 0.237. The molecule has 6 nitrogen and oxygen atoms in total. The number of aromatic nitrogens is 2. The lowest BCUT2D eigenvalue weighted by Gasteiger charge is -2.31. The number of ether oxygens (including phenoxy) is 2. The van der Waals surface area contributed by atoms with Crippen molar-refractivity contribution in [3.8, 4) is 11.5 Å². The number of benzene rings is 1. The molecular weight excluding hydrogens is 296 g/mol. The monoisotopic (exact) mass is 318 g/mol. The van der Waals surface area contributed by atoms with Gasteiger partial charge >= 0.3 is 0 Å². The van der Waals surface area contributed by atoms with Crippen molar-refractivity contribution in [2.75, 3.05) is 6.61 Å². The van der Waals surface area contributed by atoms with Crippen LogP contribution < -0.4 is 9.47 Å². The standard InChI is InChI=1S/C17H22N2O4/c1-13-18-16(23-19-13)11-21-14-5-7-15(8-6-14)22-12-17(20)9-3-2-4-10-17/h5-8,20H,2-4,9-12H2,1H3. The first-order chi connectivity index (χ1) is 11.1. The number of aliphatic hydroxyl groups is 1. The lowest BCUT2D eigenvalue weighted by molar-refractivity contribution is -0.0339. The molecule has 0 saturated heterocycles. The van der Waals surface area contributed by atoms with Crippen LogP contribution in [0.2, 0.25) is 0 Å². The Morgan fingerprint density at radius 2 is 1.74 bits per heavy atom. The molecule has 1 fully saturated rings. The van der Waals surface area contributed by atoms with Crippen molar-refractivity contribution in [2.24, 2.45) is 0 Å². The molecule has 0 spiro atoms. The molecule has 1 N–H and O–H groups in total. The van der Waals surface area contributed by atoms with Gasteiger partial charge in [-0.15, -0.1) is 0 Å². The van der Waals surface area contributed by atoms with Gasteiger partial charge in [0.1, 0.15) is 18.1 Å². The molecule has 0 amide bonds. The summed E-state index contributed by atoms with van der Waals surface area (Å²) in [5, 5.41) is 14.1. The van der Waals surface area contributed by atoms with E-state index in [1.165, 1.54) is 6.42 Å². The summed E-state index contributed by atoms with van der Waals surface area (Å²) in [6.45, 7) is 2.34. The minimum atomic E-state index is -0.677. The van der Waals surface area contributed by atoms with Gasteiger partial charge in [0.25, 0.3) is 5.89 Å². The third-order valence-electron chi connectivity index (χ3n) is 4.05. The Morgan fingerprint density at radius 3 is 2.35 bits per heavy atom. The molecule has 0 atom stereocenters. The fraction of sp³-hybridized carbons (Fsp3) is 0.529. The number of rotatable bonds is 6. The van der Waals surface area contributed by atoms with Crippen molar-refractivity contribution >= 4 is 0 Å². The first-order valence-electron chi connectivity index (χ1n) is 8.00. The Hall–Kier alpha value is -2.08. The van der Waals surface area contributed by atoms with E-state index < -0.39 is 5.60 Å². The minimum Gasteiger partial charge on any atom is -0.491 e. The Kier molecular flexibility index (Phi) is 4.81. The van der Waals surface area contributed by atoms with E-state index in [9.17, 15) is 5.11 Å². The van der Waals surface area contributed by atoms with E-state index >= 15 is 0 Å². The molecular formula is C17H22N2O4. The second kappa shape index (κ2) is 7.00. The molecule has 1 aliphatic carbocycles. The second-order valence-electron chi connectivity index (χ2n) is 6.07. The first-order valence-corrected chi connectivity index (χ1v) is 8.00. The molecule has 124 valence electrons. The smallest absolute Gasteiger partial charge is 0.264 e. The van der Waals surface area contributed by atoms with Crippen molar-refractivity contribution < 1.29 is 19.1 Å². The largest absolute Gasteiger partial charge is 0.491 e. The Morgan fingerprint density at radius 1 is 1.09 bits per heavy atom. The average molecular weight is 318 g/mol. The predicted octanol–water partition coefficient (Wildman–Crippen LogP) is 3.03. The lowest BCUT2D eigenvalue weighted by atomic mass is 9.85. The molecule has 1 aromatic carbocycles. The highest BCUT2D eigenvalue weighted by Crippen LogP contribution is 2.29. The molecule has 23 heavy (non-hydrogen) atoms. The molecule has 6 heteroatoms. The van der Waals surface area contributed by atoms with Crippen molar-refractivity contribution in [2.45, 2.75) is 51.2 Å². The molecule has 1 aliphatic rings. The van der Waals surface area contributed by atoms with Crippen LogP contribution in [0, 0.1) is 6.92 Å². The quantitative estimate of drug-likeness (QED) is 0.882. The second-order valence-corrected chi connectivity index (χ2v) is 6.07. The van der Waals surface area contributed by atoms with Gasteiger partial charge < -0.3 is 19.1 Å². The van der Waals surface area contributed by atoms with Gasteiger partial charge in [0.15, 0.2) is 12.4 Å². The zero-order valence-electron chi connectivity index (χ0n) is 13.3. The highest BCUT2D eigenvalue weighted by atomic mass is 16.5. The average Bonchev–Trinajstić information content (AvgIpc) is 2.98. The van der Waals surface area contributed by atoms with Crippen LogP contribution in [0.1, 0.15) is 43.8 Å². The lowest BCUT2D eigenvalue weighted by Crippen LogP contribution is -2.37. The molecule has 0 radical (unpaired) electrons. The molecule has 0 bridgehead atoms. The zero-order valence-corrected chi connectivity index (χ0v) is 13.3. The van der Waals surface area contributed by atoms with E-state index in [0.717, 1.165) is 31.4 Å². The fourth-order valence-corrected chi connectivity index (χ4v) is 2.75. The highest BCUT2D eigenvalue weighted by molar-refractivity contribution is 5.31. The van der Waals surface area contributed by atoms with Crippen LogP contribution in [-0.4, -0.2) is 27.5 Å². The van der Waals surface area contributed by atoms with Gasteiger partial charge in [0, 0.05) is 0 Å². The predicted molar refractivity (Wildman–Crippen MR) is 83.3 cm³/mol. The highest BCUT2D eigenvalue weighted by Gasteiger charge is 2.29. The topological polar surface area (TPSA) is 77.6 Å². The Bertz CT molecular complexity index is 618. The van der Waals surface area contributed by atoms with Crippen molar-refractivity contribution in [3.05, 3.63) is 36.0 Å². The molecule has 1 heterocycles. The van der Waals surface area contributed by atoms with Crippen molar-refractivity contribution in [1.82, 2.24) is 10.1 Å². The van der Waals surface area contributed by atoms with Crippen LogP contribution in [0.4, 0.5) is 0 Å². The van der Waals surface area contributed by atoms with E-state index in [0.29, 0.717) is 24.1 Å². The van der Waals surface area contributed by atoms with Crippen LogP contribution in [0.25, 0.3) is 0 Å². The van der Waals surface area contributed by atoms with Crippen LogP contribution in [0.5, 0.6) is 11.5 Å². The molecule has 2 aromatic rings. The molecule has 1 aromatic heterocycles.